The Morgan fingerprint density at radius 3 is 2.78 bits per heavy atom. The van der Waals surface area contributed by atoms with Gasteiger partial charge in [0.25, 0.3) is 5.56 Å². The summed E-state index contributed by atoms with van der Waals surface area (Å²) in [6.07, 6.45) is 3.66. The van der Waals surface area contributed by atoms with Crippen molar-refractivity contribution in [2.75, 3.05) is 12.4 Å². The molecule has 1 fully saturated rings. The number of aryl methyl sites for hydroxylation is 2. The fourth-order valence-electron chi connectivity index (χ4n) is 3.41. The summed E-state index contributed by atoms with van der Waals surface area (Å²) < 4.78 is 7.61. The molecule has 0 amide bonds. The van der Waals surface area contributed by atoms with Crippen molar-refractivity contribution in [1.82, 2.24) is 9.55 Å². The van der Waals surface area contributed by atoms with Crippen LogP contribution in [-0.4, -0.2) is 28.0 Å². The Kier molecular flexibility index (Phi) is 5.32. The van der Waals surface area contributed by atoms with Gasteiger partial charge in [-0.15, -0.1) is 0 Å². The van der Waals surface area contributed by atoms with Gasteiger partial charge < -0.3 is 4.74 Å². The van der Waals surface area contributed by atoms with E-state index in [1.807, 2.05) is 30.3 Å². The van der Waals surface area contributed by atoms with Crippen LogP contribution in [-0.2, 0) is 4.74 Å². The van der Waals surface area contributed by atoms with Crippen molar-refractivity contribution in [1.29, 1.82) is 0 Å². The van der Waals surface area contributed by atoms with Crippen LogP contribution in [0.3, 0.4) is 0 Å². The summed E-state index contributed by atoms with van der Waals surface area (Å²) in [7, 11) is 0. The number of fused-ring (bicyclic) bond motifs is 1. The number of para-hydroxylation sites is 1. The average molecular weight is 381 g/mol. The molecule has 27 heavy (non-hydrogen) atoms. The third kappa shape index (κ3) is 3.80. The van der Waals surface area contributed by atoms with E-state index >= 15 is 0 Å². The zero-order chi connectivity index (χ0) is 18.8. The molecule has 1 aromatic heterocycles. The second-order valence-electron chi connectivity index (χ2n) is 7.12. The lowest BCUT2D eigenvalue weighted by atomic mass is 10.1. The first-order valence-electron chi connectivity index (χ1n) is 9.47. The zero-order valence-corrected chi connectivity index (χ0v) is 16.6. The Bertz CT molecular complexity index is 1020. The highest BCUT2D eigenvalue weighted by Gasteiger charge is 2.18. The van der Waals surface area contributed by atoms with Gasteiger partial charge in [0.05, 0.1) is 22.7 Å². The van der Waals surface area contributed by atoms with Crippen LogP contribution in [0.25, 0.3) is 16.6 Å². The summed E-state index contributed by atoms with van der Waals surface area (Å²) in [6.45, 7) is 4.98. The van der Waals surface area contributed by atoms with Crippen LogP contribution in [0, 0.1) is 13.8 Å². The molecule has 0 N–H and O–H groups in total. The summed E-state index contributed by atoms with van der Waals surface area (Å²) in [4.78, 5) is 18.1. The van der Waals surface area contributed by atoms with Gasteiger partial charge in [-0.2, -0.15) is 0 Å². The SMILES string of the molecule is Cc1ccc(-n2c(SC[C@H]3CCCCO3)nc3ccccc3c2=O)cc1C. The van der Waals surface area contributed by atoms with Gasteiger partial charge >= 0.3 is 0 Å². The smallest absolute Gasteiger partial charge is 0.266 e. The molecule has 0 radical (unpaired) electrons. The van der Waals surface area contributed by atoms with Crippen LogP contribution in [0.15, 0.2) is 52.4 Å². The molecule has 0 unspecified atom stereocenters. The molecular weight excluding hydrogens is 356 g/mol. The molecule has 1 atom stereocenters. The highest BCUT2D eigenvalue weighted by atomic mass is 32.2. The molecule has 4 rings (SSSR count). The topological polar surface area (TPSA) is 44.1 Å². The van der Waals surface area contributed by atoms with Gasteiger partial charge in [0, 0.05) is 12.4 Å². The van der Waals surface area contributed by atoms with E-state index in [4.69, 9.17) is 9.72 Å². The molecule has 0 spiro atoms. The Labute approximate surface area is 163 Å². The first kappa shape index (κ1) is 18.3. The van der Waals surface area contributed by atoms with E-state index in [2.05, 4.69) is 26.0 Å². The first-order chi connectivity index (χ1) is 13.1. The van der Waals surface area contributed by atoms with Crippen LogP contribution in [0.2, 0.25) is 0 Å². The summed E-state index contributed by atoms with van der Waals surface area (Å²) in [5, 5.41) is 1.38. The maximum absolute atomic E-state index is 13.3. The molecule has 5 heteroatoms. The van der Waals surface area contributed by atoms with E-state index in [1.54, 1.807) is 16.3 Å². The van der Waals surface area contributed by atoms with Crippen molar-refractivity contribution >= 4 is 22.7 Å². The van der Waals surface area contributed by atoms with Crippen LogP contribution >= 0.6 is 11.8 Å². The molecule has 4 nitrogen and oxygen atoms in total. The largest absolute Gasteiger partial charge is 0.377 e. The van der Waals surface area contributed by atoms with Crippen LogP contribution in [0.1, 0.15) is 30.4 Å². The fraction of sp³-hybridized carbons (Fsp3) is 0.364. The third-order valence-corrected chi connectivity index (χ3v) is 6.24. The summed E-state index contributed by atoms with van der Waals surface area (Å²) >= 11 is 1.61. The van der Waals surface area contributed by atoms with Crippen molar-refractivity contribution in [2.45, 2.75) is 44.4 Å². The number of benzene rings is 2. The number of hydrogen-bond donors (Lipinski definition) is 0. The normalized spacial score (nSPS) is 17.3. The molecule has 3 aromatic rings. The van der Waals surface area contributed by atoms with E-state index < -0.39 is 0 Å². The van der Waals surface area contributed by atoms with Crippen LogP contribution in [0.4, 0.5) is 0 Å². The summed E-state index contributed by atoms with van der Waals surface area (Å²) in [6, 6.07) is 13.7. The van der Waals surface area contributed by atoms with Gasteiger partial charge in [-0.05, 0) is 68.5 Å². The molecule has 1 aliphatic rings. The third-order valence-electron chi connectivity index (χ3n) is 5.17. The summed E-state index contributed by atoms with van der Waals surface area (Å²) in [5.41, 5.74) is 3.98. The number of ether oxygens (including phenoxy) is 1. The highest BCUT2D eigenvalue weighted by Crippen LogP contribution is 2.25. The van der Waals surface area contributed by atoms with Crippen LogP contribution in [0.5, 0.6) is 0 Å². The van der Waals surface area contributed by atoms with E-state index in [0.29, 0.717) is 5.39 Å². The minimum absolute atomic E-state index is 0.0177. The van der Waals surface area contributed by atoms with Gasteiger partial charge in [-0.1, -0.05) is 30.0 Å². The Morgan fingerprint density at radius 2 is 2.00 bits per heavy atom. The standard InChI is InChI=1S/C22H24N2O2S/c1-15-10-11-17(13-16(15)2)24-21(25)19-8-3-4-9-20(19)23-22(24)27-14-18-7-5-6-12-26-18/h3-4,8-11,13,18H,5-7,12,14H2,1-2H3/t18-/m1/s1. The molecule has 1 aliphatic heterocycles. The maximum Gasteiger partial charge on any atom is 0.266 e. The number of aromatic nitrogens is 2. The van der Waals surface area contributed by atoms with E-state index in [-0.39, 0.29) is 11.7 Å². The Balaban J connectivity index is 1.79. The van der Waals surface area contributed by atoms with Gasteiger partial charge in [-0.25, -0.2) is 4.98 Å². The van der Waals surface area contributed by atoms with E-state index in [1.165, 1.54) is 17.5 Å². The fourth-order valence-corrected chi connectivity index (χ4v) is 4.49. The second-order valence-corrected chi connectivity index (χ2v) is 8.11. The Morgan fingerprint density at radius 1 is 1.15 bits per heavy atom. The monoisotopic (exact) mass is 380 g/mol. The Hall–Kier alpha value is -2.11. The molecule has 2 aromatic carbocycles. The first-order valence-corrected chi connectivity index (χ1v) is 10.5. The predicted octanol–water partition coefficient (Wildman–Crippen LogP) is 4.66. The predicted molar refractivity (Wildman–Crippen MR) is 111 cm³/mol. The lowest BCUT2D eigenvalue weighted by Crippen LogP contribution is -2.24. The van der Waals surface area contributed by atoms with Crippen molar-refractivity contribution in [3.05, 3.63) is 63.9 Å². The quantitative estimate of drug-likeness (QED) is 0.488. The van der Waals surface area contributed by atoms with Gasteiger partial charge in [0.1, 0.15) is 0 Å². The van der Waals surface area contributed by atoms with Crippen molar-refractivity contribution in [3.63, 3.8) is 0 Å². The van der Waals surface area contributed by atoms with Crippen molar-refractivity contribution < 1.29 is 4.74 Å². The van der Waals surface area contributed by atoms with Crippen molar-refractivity contribution in [2.24, 2.45) is 0 Å². The maximum atomic E-state index is 13.3. The molecule has 1 saturated heterocycles. The lowest BCUT2D eigenvalue weighted by molar-refractivity contribution is 0.0315. The molecule has 0 bridgehead atoms. The number of rotatable bonds is 4. The highest BCUT2D eigenvalue weighted by molar-refractivity contribution is 7.99. The van der Waals surface area contributed by atoms with E-state index in [0.717, 1.165) is 41.6 Å². The lowest BCUT2D eigenvalue weighted by Gasteiger charge is -2.22. The molecule has 2 heterocycles. The van der Waals surface area contributed by atoms with Gasteiger partial charge in [0.2, 0.25) is 0 Å². The summed E-state index contributed by atoms with van der Waals surface area (Å²) in [5.74, 6) is 0.815. The zero-order valence-electron chi connectivity index (χ0n) is 15.8. The molecule has 140 valence electrons. The number of nitrogens with zero attached hydrogens (tertiary/aromatic N) is 2. The van der Waals surface area contributed by atoms with Gasteiger partial charge in [0.15, 0.2) is 5.16 Å². The minimum atomic E-state index is -0.0177. The number of hydrogen-bond acceptors (Lipinski definition) is 4. The van der Waals surface area contributed by atoms with Crippen molar-refractivity contribution in [3.8, 4) is 5.69 Å². The molecular formula is C22H24N2O2S. The molecule has 0 saturated carbocycles. The van der Waals surface area contributed by atoms with Crippen LogP contribution < -0.4 is 5.56 Å². The van der Waals surface area contributed by atoms with E-state index in [9.17, 15) is 4.79 Å². The van der Waals surface area contributed by atoms with Gasteiger partial charge in [-0.3, -0.25) is 9.36 Å². The molecule has 0 aliphatic carbocycles. The second kappa shape index (κ2) is 7.87. The number of thioether (sulfide) groups is 1. The average Bonchev–Trinajstić information content (AvgIpc) is 2.70. The minimum Gasteiger partial charge on any atom is -0.377 e.